The molecule has 0 fully saturated rings. The lowest BCUT2D eigenvalue weighted by Crippen LogP contribution is -2.24. The lowest BCUT2D eigenvalue weighted by molar-refractivity contribution is 0.393. The van der Waals surface area contributed by atoms with E-state index in [9.17, 15) is 0 Å². The SMILES string of the molecule is CC(NC(C)c1nccn1C)c1ccco1. The third kappa shape index (κ3) is 2.17. The van der Waals surface area contributed by atoms with Crippen molar-refractivity contribution < 1.29 is 4.42 Å². The van der Waals surface area contributed by atoms with Crippen molar-refractivity contribution in [3.05, 3.63) is 42.4 Å². The molecule has 16 heavy (non-hydrogen) atoms. The average molecular weight is 219 g/mol. The highest BCUT2D eigenvalue weighted by Crippen LogP contribution is 2.18. The summed E-state index contributed by atoms with van der Waals surface area (Å²) in [7, 11) is 2.00. The molecule has 2 atom stereocenters. The molecule has 2 rings (SSSR count). The fraction of sp³-hybridized carbons (Fsp3) is 0.417. The molecule has 4 nitrogen and oxygen atoms in total. The number of nitrogens with zero attached hydrogens (tertiary/aromatic N) is 2. The van der Waals surface area contributed by atoms with Crippen molar-refractivity contribution in [2.75, 3.05) is 0 Å². The van der Waals surface area contributed by atoms with Gasteiger partial charge in [0.05, 0.1) is 18.3 Å². The molecular formula is C12H17N3O. The summed E-state index contributed by atoms with van der Waals surface area (Å²) in [5.74, 6) is 1.97. The van der Waals surface area contributed by atoms with Gasteiger partial charge in [0, 0.05) is 19.4 Å². The van der Waals surface area contributed by atoms with E-state index >= 15 is 0 Å². The zero-order valence-electron chi connectivity index (χ0n) is 9.84. The van der Waals surface area contributed by atoms with Gasteiger partial charge in [0.25, 0.3) is 0 Å². The molecule has 2 aromatic rings. The Bertz CT molecular complexity index is 433. The van der Waals surface area contributed by atoms with Gasteiger partial charge >= 0.3 is 0 Å². The summed E-state index contributed by atoms with van der Waals surface area (Å²) in [5.41, 5.74) is 0. The number of aryl methyl sites for hydroxylation is 1. The number of imidazole rings is 1. The predicted molar refractivity (Wildman–Crippen MR) is 61.9 cm³/mol. The van der Waals surface area contributed by atoms with Crippen LogP contribution in [0.2, 0.25) is 0 Å². The van der Waals surface area contributed by atoms with Crippen molar-refractivity contribution >= 4 is 0 Å². The monoisotopic (exact) mass is 219 g/mol. The number of rotatable bonds is 4. The van der Waals surface area contributed by atoms with Gasteiger partial charge in [-0.15, -0.1) is 0 Å². The minimum Gasteiger partial charge on any atom is -0.468 e. The first-order valence-corrected chi connectivity index (χ1v) is 5.45. The zero-order chi connectivity index (χ0) is 11.5. The molecule has 0 radical (unpaired) electrons. The number of furan rings is 1. The summed E-state index contributed by atoms with van der Waals surface area (Å²) in [6.45, 7) is 4.18. The fourth-order valence-electron chi connectivity index (χ4n) is 1.86. The van der Waals surface area contributed by atoms with Crippen LogP contribution in [0.15, 0.2) is 35.2 Å². The summed E-state index contributed by atoms with van der Waals surface area (Å²) >= 11 is 0. The van der Waals surface area contributed by atoms with E-state index in [1.165, 1.54) is 0 Å². The van der Waals surface area contributed by atoms with Crippen LogP contribution in [-0.4, -0.2) is 9.55 Å². The van der Waals surface area contributed by atoms with Gasteiger partial charge in [-0.1, -0.05) is 0 Å². The third-order valence-corrected chi connectivity index (χ3v) is 2.72. The zero-order valence-corrected chi connectivity index (χ0v) is 9.84. The molecule has 0 aromatic carbocycles. The number of nitrogens with one attached hydrogen (secondary N) is 1. The summed E-state index contributed by atoms with van der Waals surface area (Å²) in [5, 5.41) is 3.45. The largest absolute Gasteiger partial charge is 0.468 e. The quantitative estimate of drug-likeness (QED) is 0.858. The lowest BCUT2D eigenvalue weighted by Gasteiger charge is -2.18. The molecule has 0 spiro atoms. The molecule has 0 aliphatic carbocycles. The second-order valence-corrected chi connectivity index (χ2v) is 4.02. The van der Waals surface area contributed by atoms with Gasteiger partial charge in [0.15, 0.2) is 0 Å². The molecule has 2 aromatic heterocycles. The Morgan fingerprint density at radius 3 is 2.75 bits per heavy atom. The molecule has 1 N–H and O–H groups in total. The van der Waals surface area contributed by atoms with Crippen LogP contribution in [0.1, 0.15) is 37.5 Å². The van der Waals surface area contributed by atoms with E-state index in [1.807, 2.05) is 36.1 Å². The molecule has 0 saturated heterocycles. The number of hydrogen-bond acceptors (Lipinski definition) is 3. The van der Waals surface area contributed by atoms with Crippen molar-refractivity contribution in [2.45, 2.75) is 25.9 Å². The van der Waals surface area contributed by atoms with Crippen LogP contribution in [0.3, 0.4) is 0 Å². The van der Waals surface area contributed by atoms with Crippen LogP contribution in [0, 0.1) is 0 Å². The van der Waals surface area contributed by atoms with Gasteiger partial charge < -0.3 is 8.98 Å². The van der Waals surface area contributed by atoms with Crippen LogP contribution in [0.25, 0.3) is 0 Å². The highest BCUT2D eigenvalue weighted by molar-refractivity contribution is 5.05. The van der Waals surface area contributed by atoms with E-state index in [2.05, 4.69) is 24.1 Å². The van der Waals surface area contributed by atoms with E-state index in [1.54, 1.807) is 6.26 Å². The maximum absolute atomic E-state index is 5.35. The van der Waals surface area contributed by atoms with Gasteiger partial charge in [0.2, 0.25) is 0 Å². The topological polar surface area (TPSA) is 43.0 Å². The Morgan fingerprint density at radius 2 is 2.19 bits per heavy atom. The third-order valence-electron chi connectivity index (χ3n) is 2.72. The molecule has 0 aliphatic rings. The van der Waals surface area contributed by atoms with Crippen LogP contribution < -0.4 is 5.32 Å². The van der Waals surface area contributed by atoms with Gasteiger partial charge in [0.1, 0.15) is 11.6 Å². The predicted octanol–water partition coefficient (Wildman–Crippen LogP) is 2.42. The van der Waals surface area contributed by atoms with Crippen molar-refractivity contribution in [1.82, 2.24) is 14.9 Å². The van der Waals surface area contributed by atoms with Gasteiger partial charge in [-0.05, 0) is 26.0 Å². The van der Waals surface area contributed by atoms with Crippen LogP contribution >= 0.6 is 0 Å². The van der Waals surface area contributed by atoms with Crippen molar-refractivity contribution in [3.63, 3.8) is 0 Å². The van der Waals surface area contributed by atoms with Gasteiger partial charge in [-0.3, -0.25) is 5.32 Å². The first kappa shape index (κ1) is 11.0. The highest BCUT2D eigenvalue weighted by Gasteiger charge is 2.15. The van der Waals surface area contributed by atoms with E-state index in [0.29, 0.717) is 0 Å². The molecule has 0 saturated carbocycles. The minimum absolute atomic E-state index is 0.182. The van der Waals surface area contributed by atoms with Crippen LogP contribution in [0.4, 0.5) is 0 Å². The Labute approximate surface area is 95.3 Å². The minimum atomic E-state index is 0.182. The first-order chi connectivity index (χ1) is 7.68. The Balaban J connectivity index is 2.03. The molecule has 0 amide bonds. The highest BCUT2D eigenvalue weighted by atomic mass is 16.3. The smallest absolute Gasteiger partial charge is 0.125 e. The summed E-state index contributed by atoms with van der Waals surface area (Å²) < 4.78 is 7.37. The van der Waals surface area contributed by atoms with E-state index in [4.69, 9.17) is 4.42 Å². The summed E-state index contributed by atoms with van der Waals surface area (Å²) in [6.07, 6.45) is 5.45. The van der Waals surface area contributed by atoms with Crippen molar-refractivity contribution in [1.29, 1.82) is 0 Å². The van der Waals surface area contributed by atoms with Crippen molar-refractivity contribution in [2.24, 2.45) is 7.05 Å². The molecule has 2 unspecified atom stereocenters. The van der Waals surface area contributed by atoms with Crippen LogP contribution in [-0.2, 0) is 7.05 Å². The van der Waals surface area contributed by atoms with Crippen molar-refractivity contribution in [3.8, 4) is 0 Å². The Hall–Kier alpha value is -1.55. The van der Waals surface area contributed by atoms with Gasteiger partial charge in [-0.25, -0.2) is 4.98 Å². The summed E-state index contributed by atoms with van der Waals surface area (Å²) in [6, 6.07) is 4.25. The second kappa shape index (κ2) is 4.53. The maximum Gasteiger partial charge on any atom is 0.125 e. The fourth-order valence-corrected chi connectivity index (χ4v) is 1.86. The van der Waals surface area contributed by atoms with E-state index in [-0.39, 0.29) is 12.1 Å². The second-order valence-electron chi connectivity index (χ2n) is 4.02. The molecule has 2 heterocycles. The standard InChI is InChI=1S/C12H17N3O/c1-9(11-5-4-8-16-11)14-10(2)12-13-6-7-15(12)3/h4-10,14H,1-3H3. The summed E-state index contributed by atoms with van der Waals surface area (Å²) in [4.78, 5) is 4.32. The normalized spacial score (nSPS) is 14.9. The van der Waals surface area contributed by atoms with Crippen LogP contribution in [0.5, 0.6) is 0 Å². The Morgan fingerprint density at radius 1 is 1.38 bits per heavy atom. The number of aromatic nitrogens is 2. The first-order valence-electron chi connectivity index (χ1n) is 5.45. The molecular weight excluding hydrogens is 202 g/mol. The van der Waals surface area contributed by atoms with E-state index < -0.39 is 0 Å². The molecule has 0 aliphatic heterocycles. The Kier molecular flexibility index (Phi) is 3.10. The van der Waals surface area contributed by atoms with Gasteiger partial charge in [-0.2, -0.15) is 0 Å². The molecule has 4 heteroatoms. The maximum atomic E-state index is 5.35. The van der Waals surface area contributed by atoms with E-state index in [0.717, 1.165) is 11.6 Å². The molecule has 0 bridgehead atoms. The number of hydrogen-bond donors (Lipinski definition) is 1. The molecule has 86 valence electrons. The lowest BCUT2D eigenvalue weighted by atomic mass is 10.2. The average Bonchev–Trinajstić information content (AvgIpc) is 2.86.